The van der Waals surface area contributed by atoms with E-state index in [1.54, 1.807) is 62.4 Å². The quantitative estimate of drug-likeness (QED) is 0.0412. The van der Waals surface area contributed by atoms with Gasteiger partial charge in [0.1, 0.15) is 23.0 Å². The number of phenols is 1. The van der Waals surface area contributed by atoms with E-state index < -0.39 is 28.1 Å². The summed E-state index contributed by atoms with van der Waals surface area (Å²) < 4.78 is 6.16. The van der Waals surface area contributed by atoms with Gasteiger partial charge in [-0.2, -0.15) is 5.01 Å². The summed E-state index contributed by atoms with van der Waals surface area (Å²) in [5, 5.41) is 22.1. The third kappa shape index (κ3) is 15.6. The number of amidine groups is 2. The number of hydrazine groups is 1. The predicted octanol–water partition coefficient (Wildman–Crippen LogP) is 14.3. The molecule has 374 valence electrons. The fourth-order valence-electron chi connectivity index (χ4n) is 6.97. The molecule has 0 spiro atoms. The van der Waals surface area contributed by atoms with E-state index in [2.05, 4.69) is 55.6 Å². The van der Waals surface area contributed by atoms with Crippen molar-refractivity contribution in [1.29, 1.82) is 0 Å². The van der Waals surface area contributed by atoms with E-state index >= 15 is 0 Å². The fraction of sp³-hybridized carbons (Fsp3) is 0.347. The molecule has 3 unspecified atom stereocenters. The maximum atomic E-state index is 13.6. The number of alkyl halides is 2. The maximum absolute atomic E-state index is 13.6. The van der Waals surface area contributed by atoms with Gasteiger partial charge >= 0.3 is 0 Å². The number of benzene rings is 4. The second-order valence-corrected chi connectivity index (χ2v) is 20.2. The van der Waals surface area contributed by atoms with Crippen LogP contribution in [0.15, 0.2) is 89.0 Å². The molecule has 1 fully saturated rings. The number of anilines is 3. The first kappa shape index (κ1) is 56.7. The van der Waals surface area contributed by atoms with Gasteiger partial charge < -0.3 is 20.5 Å². The Morgan fingerprint density at radius 2 is 1.46 bits per heavy atom. The minimum Gasteiger partial charge on any atom is -0.508 e. The van der Waals surface area contributed by atoms with Crippen LogP contribution in [0.4, 0.5) is 22.7 Å². The number of aliphatic imine (C=N–C) groups is 1. The van der Waals surface area contributed by atoms with Crippen LogP contribution >= 0.6 is 97.1 Å². The Bertz CT molecular complexity index is 2630. The highest BCUT2D eigenvalue weighted by molar-refractivity contribution is 9.10. The van der Waals surface area contributed by atoms with Crippen molar-refractivity contribution < 1.29 is 29.0 Å². The van der Waals surface area contributed by atoms with Crippen molar-refractivity contribution in [2.75, 3.05) is 15.3 Å². The largest absolute Gasteiger partial charge is 0.508 e. The molecule has 0 bridgehead atoms. The summed E-state index contributed by atoms with van der Waals surface area (Å²) in [6.07, 6.45) is 11.5. The van der Waals surface area contributed by atoms with Crippen molar-refractivity contribution in [3.63, 3.8) is 0 Å². The van der Waals surface area contributed by atoms with E-state index in [1.807, 2.05) is 0 Å². The Labute approximate surface area is 450 Å². The summed E-state index contributed by atoms with van der Waals surface area (Å²) in [4.78, 5) is 54.2. The van der Waals surface area contributed by atoms with Gasteiger partial charge in [-0.1, -0.05) is 157 Å². The van der Waals surface area contributed by atoms with Crippen LogP contribution < -0.4 is 30.8 Å². The smallest absolute Gasteiger partial charge is 0.271 e. The second kappa shape index (κ2) is 27.0. The van der Waals surface area contributed by atoms with Crippen molar-refractivity contribution in [3.8, 4) is 11.5 Å². The molecule has 4 amide bonds. The zero-order valence-corrected chi connectivity index (χ0v) is 45.2. The highest BCUT2D eigenvalue weighted by Crippen LogP contribution is 2.39. The van der Waals surface area contributed by atoms with Gasteiger partial charge in [-0.05, 0) is 99.0 Å². The van der Waals surface area contributed by atoms with Crippen LogP contribution in [0.25, 0.3) is 0 Å². The first-order chi connectivity index (χ1) is 33.3. The number of hydrazone groups is 1. The average Bonchev–Trinajstić information content (AvgIpc) is 3.74. The van der Waals surface area contributed by atoms with Gasteiger partial charge in [0, 0.05) is 21.3 Å². The van der Waals surface area contributed by atoms with Crippen molar-refractivity contribution in [2.24, 2.45) is 10.1 Å². The van der Waals surface area contributed by atoms with Crippen LogP contribution in [-0.2, 0) is 19.2 Å². The van der Waals surface area contributed by atoms with Crippen LogP contribution in [0.5, 0.6) is 11.5 Å². The van der Waals surface area contributed by atoms with Crippen molar-refractivity contribution in [3.05, 3.63) is 115 Å². The van der Waals surface area contributed by atoms with E-state index in [4.69, 9.17) is 85.9 Å². The zero-order valence-electron chi connectivity index (χ0n) is 38.4. The third-order valence-electron chi connectivity index (χ3n) is 10.8. The highest BCUT2D eigenvalue weighted by atomic mass is 79.9. The Hall–Kier alpha value is -4.25. The van der Waals surface area contributed by atoms with Crippen molar-refractivity contribution in [1.82, 2.24) is 10.7 Å². The van der Waals surface area contributed by atoms with Gasteiger partial charge in [-0.3, -0.25) is 24.6 Å². The SMILES string of the molecule is C=C(C)C(=O)NC1=NN(c2cc(Cl)ccc2Cl)C(=O)C1Br.CCCCCCCCCCCCC(Oc1ccc(O)c(C)c1)C(=O)Nc1ccc(Cl)c(N=C2NN(c3c(Cl)cc(Cl)cc3Cl)C(=O)C2Cl)c1. The molecule has 2 aliphatic heterocycles. The molecule has 4 aromatic rings. The van der Waals surface area contributed by atoms with Crippen LogP contribution in [0, 0.1) is 6.92 Å². The lowest BCUT2D eigenvalue weighted by Gasteiger charge is -2.20. The van der Waals surface area contributed by atoms with E-state index in [9.17, 15) is 24.3 Å². The number of amides is 4. The number of unbranched alkanes of at least 4 members (excludes halogenated alkanes) is 9. The van der Waals surface area contributed by atoms with Gasteiger partial charge in [0.05, 0.1) is 31.5 Å². The number of rotatable bonds is 19. The lowest BCUT2D eigenvalue weighted by atomic mass is 10.0. The molecular weight excluding hydrogens is 1110 g/mol. The van der Waals surface area contributed by atoms with Crippen LogP contribution in [0.1, 0.15) is 90.0 Å². The number of nitrogens with one attached hydrogen (secondary N) is 3. The van der Waals surface area contributed by atoms with Gasteiger partial charge in [0.25, 0.3) is 23.6 Å². The minimum atomic E-state index is -1.19. The lowest BCUT2D eigenvalue weighted by molar-refractivity contribution is -0.123. The number of aromatic hydroxyl groups is 1. The Morgan fingerprint density at radius 3 is 2.09 bits per heavy atom. The number of aryl methyl sites for hydroxylation is 1. The number of phenolic OH excluding ortho intramolecular Hbond substituents is 1. The number of hydrogen-bond donors (Lipinski definition) is 4. The minimum absolute atomic E-state index is 0.0870. The second-order valence-electron chi connectivity index (χ2n) is 16.4. The lowest BCUT2D eigenvalue weighted by Crippen LogP contribution is -2.37. The number of nitrogens with zero attached hydrogens (tertiary/aromatic N) is 4. The van der Waals surface area contributed by atoms with Gasteiger partial charge in [0.2, 0.25) is 0 Å². The number of hydrogen-bond acceptors (Lipinski definition) is 8. The first-order valence-electron chi connectivity index (χ1n) is 22.3. The molecule has 2 heterocycles. The number of carbonyl (C=O) groups excluding carboxylic acids is 4. The van der Waals surface area contributed by atoms with E-state index in [1.165, 1.54) is 63.1 Å². The summed E-state index contributed by atoms with van der Waals surface area (Å²) in [6.45, 7) is 9.08. The molecule has 70 heavy (non-hydrogen) atoms. The normalized spacial score (nSPS) is 16.4. The topological polar surface area (TPSA) is 165 Å². The van der Waals surface area contributed by atoms with Crippen LogP contribution in [0.2, 0.25) is 30.1 Å². The summed E-state index contributed by atoms with van der Waals surface area (Å²) in [6, 6.07) is 17.3. The molecule has 4 N–H and O–H groups in total. The summed E-state index contributed by atoms with van der Waals surface area (Å²) >= 11 is 46.8. The van der Waals surface area contributed by atoms with E-state index in [-0.39, 0.29) is 55.7 Å². The van der Waals surface area contributed by atoms with Crippen molar-refractivity contribution in [2.45, 2.75) is 108 Å². The number of carbonyl (C=O) groups is 4. The molecule has 2 aliphatic rings. The third-order valence-corrected chi connectivity index (χ3v) is 13.6. The summed E-state index contributed by atoms with van der Waals surface area (Å²) in [7, 11) is 0. The number of halogens is 8. The molecule has 1 saturated heterocycles. The fourth-order valence-corrected chi connectivity index (χ4v) is 9.08. The Morgan fingerprint density at radius 1 is 0.829 bits per heavy atom. The van der Waals surface area contributed by atoms with E-state index in [0.29, 0.717) is 49.7 Å². The molecule has 21 heteroatoms. The monoisotopic (exact) mass is 1160 g/mol. The Kier molecular flexibility index (Phi) is 21.8. The molecule has 13 nitrogen and oxygen atoms in total. The average molecular weight is 1160 g/mol. The molecule has 4 aromatic carbocycles. The number of ether oxygens (including phenoxy) is 1. The van der Waals surface area contributed by atoms with Gasteiger partial charge in [0.15, 0.2) is 22.1 Å². The standard InChI is InChI=1S/C36H41Cl5N4O4.C13H10BrCl2N3O2/c1-3-4-5-6-7-8-9-10-11-12-13-31(49-25-15-17-30(46)22(2)18-25)35(47)42-24-14-16-26(38)29(21-24)43-34-32(41)36(48)45(44-34)33-27(39)19-23(37)20-28(33)40;1-6(2)12(20)17-11-10(14)13(21)19(18-11)9-5-7(15)3-4-8(9)16/h14-21,31-32,46H,3-13H2,1-2H3,(H,42,47)(H,43,44);3-5,10H,1H2,2H3,(H,17,18,20). The molecule has 6 rings (SSSR count). The maximum Gasteiger partial charge on any atom is 0.271 e. The molecule has 0 saturated carbocycles. The zero-order chi connectivity index (χ0) is 51.2. The van der Waals surface area contributed by atoms with Crippen LogP contribution in [0.3, 0.4) is 0 Å². The molecule has 0 aromatic heterocycles. The summed E-state index contributed by atoms with van der Waals surface area (Å²) in [5.41, 5.74) is 5.02. The molecular formula is C49H51BrCl7N7O6. The molecule has 0 aliphatic carbocycles. The van der Waals surface area contributed by atoms with Gasteiger partial charge in [-0.15, -0.1) is 16.7 Å². The van der Waals surface area contributed by atoms with Crippen molar-refractivity contribution >= 4 is 155 Å². The molecule has 3 atom stereocenters. The predicted molar refractivity (Wildman–Crippen MR) is 290 cm³/mol. The summed E-state index contributed by atoms with van der Waals surface area (Å²) in [5.74, 6) is -0.789. The Balaban J connectivity index is 0.000000361. The first-order valence-corrected chi connectivity index (χ1v) is 25.9. The van der Waals surface area contributed by atoms with Crippen LogP contribution in [-0.4, -0.2) is 56.7 Å². The highest BCUT2D eigenvalue weighted by Gasteiger charge is 2.39. The van der Waals surface area contributed by atoms with Gasteiger partial charge in [-0.25, -0.2) is 10.0 Å². The molecule has 0 radical (unpaired) electrons. The van der Waals surface area contributed by atoms with E-state index in [0.717, 1.165) is 29.3 Å².